The molecule has 0 aromatic heterocycles. The minimum Gasteiger partial charge on any atom is -0.497 e. The van der Waals surface area contributed by atoms with Crippen LogP contribution in [0.1, 0.15) is 70.8 Å². The molecule has 0 radical (unpaired) electrons. The zero-order chi connectivity index (χ0) is 37.8. The number of amides is 2. The Labute approximate surface area is 319 Å². The fourth-order valence-electron chi connectivity index (χ4n) is 12.1. The molecule has 1 aromatic carbocycles. The van der Waals surface area contributed by atoms with E-state index in [0.717, 1.165) is 49.8 Å². The highest BCUT2D eigenvalue weighted by Gasteiger charge is 3.08. The molecule has 9 rings (SSSR count). The van der Waals surface area contributed by atoms with E-state index in [0.29, 0.717) is 24.6 Å². The number of aliphatic hydroxyl groups excluding tert-OH is 2. The zero-order valence-corrected chi connectivity index (χ0v) is 31.8. The first kappa shape index (κ1) is 36.8. The number of nitrogens with one attached hydrogen (secondary N) is 1. The van der Waals surface area contributed by atoms with Gasteiger partial charge in [-0.15, -0.1) is 23.2 Å². The Morgan fingerprint density at radius 2 is 1.42 bits per heavy atom. The lowest BCUT2D eigenvalue weighted by Crippen LogP contribution is -2.66. The molecule has 2 amide bonds. The molecule has 1 aromatic rings. The van der Waals surface area contributed by atoms with Crippen molar-refractivity contribution in [2.75, 3.05) is 18.9 Å². The summed E-state index contributed by atoms with van der Waals surface area (Å²) in [5.74, 6) is -0.661. The van der Waals surface area contributed by atoms with E-state index < -0.39 is 69.1 Å². The van der Waals surface area contributed by atoms with Gasteiger partial charge in [-0.2, -0.15) is 0 Å². The molecule has 4 heterocycles. The number of carbonyl (C=O) groups excluding carboxylic acids is 4. The van der Waals surface area contributed by atoms with Crippen LogP contribution in [-0.2, 0) is 35.2 Å². The Hall–Kier alpha value is -3.12. The van der Waals surface area contributed by atoms with Crippen LogP contribution in [0.3, 0.4) is 0 Å². The van der Waals surface area contributed by atoms with Gasteiger partial charge < -0.3 is 34.6 Å². The quantitative estimate of drug-likeness (QED) is 0.171. The number of alkyl halides is 2. The maximum atomic E-state index is 13.5. The molecule has 2 spiro atoms. The molecule has 3 N–H and O–H groups in total. The van der Waals surface area contributed by atoms with Crippen LogP contribution >= 0.6 is 23.2 Å². The second-order valence-electron chi connectivity index (χ2n) is 16.4. The molecule has 11 nitrogen and oxygen atoms in total. The van der Waals surface area contributed by atoms with Crippen molar-refractivity contribution in [3.8, 4) is 5.75 Å². The van der Waals surface area contributed by atoms with Crippen molar-refractivity contribution in [3.63, 3.8) is 0 Å². The summed E-state index contributed by atoms with van der Waals surface area (Å²) in [4.78, 5) is 52.6. The van der Waals surface area contributed by atoms with Crippen LogP contribution in [-0.4, -0.2) is 92.2 Å². The topological polar surface area (TPSA) is 152 Å². The van der Waals surface area contributed by atoms with E-state index in [1.165, 1.54) is 0 Å². The summed E-state index contributed by atoms with van der Waals surface area (Å²) in [6, 6.07) is 7.46. The number of likely N-dealkylation sites (tertiary alicyclic amines) is 1. The first-order chi connectivity index (χ1) is 25.4. The predicted molar refractivity (Wildman–Crippen MR) is 194 cm³/mol. The van der Waals surface area contributed by atoms with Gasteiger partial charge in [-0.1, -0.05) is 50.3 Å². The van der Waals surface area contributed by atoms with Crippen LogP contribution < -0.4 is 10.1 Å². The number of methoxy groups -OCH3 is 1. The normalized spacial score (nSPS) is 43.3. The smallest absolute Gasteiger partial charge is 0.338 e. The Morgan fingerprint density at radius 1 is 0.849 bits per heavy atom. The molecule has 4 unspecified atom stereocenters. The van der Waals surface area contributed by atoms with Crippen molar-refractivity contribution in [2.45, 2.75) is 106 Å². The first-order valence-electron chi connectivity index (χ1n) is 18.9. The van der Waals surface area contributed by atoms with E-state index in [-0.39, 0.29) is 30.2 Å². The molecule has 8 aliphatic rings. The van der Waals surface area contributed by atoms with Crippen molar-refractivity contribution >= 4 is 47.0 Å². The van der Waals surface area contributed by atoms with E-state index in [9.17, 15) is 29.4 Å². The molecule has 286 valence electrons. The number of hydrogen-bond donors (Lipinski definition) is 3. The van der Waals surface area contributed by atoms with Gasteiger partial charge in [-0.25, -0.2) is 9.59 Å². The lowest BCUT2D eigenvalue weighted by molar-refractivity contribution is -0.212. The molecule has 6 fully saturated rings. The average molecular weight is 772 g/mol. The molecule has 4 saturated heterocycles. The average Bonchev–Trinajstić information content (AvgIpc) is 3.60. The van der Waals surface area contributed by atoms with Gasteiger partial charge in [0, 0.05) is 30.1 Å². The number of carbonyl (C=O) groups is 4. The molecule has 12 atom stereocenters. The number of benzene rings is 1. The van der Waals surface area contributed by atoms with Crippen LogP contribution in [0.15, 0.2) is 48.6 Å². The number of nitrogens with zero attached hydrogens (tertiary/aromatic N) is 1. The minimum atomic E-state index is -1.13. The fourth-order valence-corrected chi connectivity index (χ4v) is 12.5. The van der Waals surface area contributed by atoms with E-state index in [2.05, 4.69) is 17.5 Å². The van der Waals surface area contributed by atoms with E-state index in [4.69, 9.17) is 37.4 Å². The van der Waals surface area contributed by atoms with Crippen LogP contribution in [0, 0.1) is 34.5 Å². The highest BCUT2D eigenvalue weighted by atomic mass is 35.5. The monoisotopic (exact) mass is 770 g/mol. The summed E-state index contributed by atoms with van der Waals surface area (Å²) in [6.07, 6.45) is 13.2. The van der Waals surface area contributed by atoms with E-state index in [1.54, 1.807) is 12.0 Å². The SMILES string of the molecule is COc1ccc(CN2C(=O)[C@H](CCCl)[C@@]3(C)C24C(=O)O[C@]43[C@@H](O)C2C=CCCC2)cc1.C[C@]12[C@@H](CCCl)C(=O)NC13C(=O)O[C@]32[C@@H](O)C1C=CCCC1. The molecule has 0 bridgehead atoms. The van der Waals surface area contributed by atoms with Gasteiger partial charge in [0.2, 0.25) is 11.8 Å². The maximum absolute atomic E-state index is 13.5. The number of ether oxygens (including phenoxy) is 3. The lowest BCUT2D eigenvalue weighted by Gasteiger charge is -2.45. The third-order valence-electron chi connectivity index (χ3n) is 14.7. The number of aliphatic hydroxyl groups is 2. The number of rotatable bonds is 11. The standard InChI is InChI=1S/C24H28ClNO5.C16H20ClNO4/c1-22-18(12-13-25)20(28)26(14-15-8-10-17(30-2)11-9-15)23(22)21(29)31-24(22,23)19(27)16-6-4-3-5-7-16;1-14-10(7-8-17)12(20)18-15(14)13(21)22-16(14,15)11(19)9-5-3-2-4-6-9/h4,6,8-11,16,18-19,27H,3,5,7,12-14H2,1-2H3;3,5,9-11,19H,2,4,6-8H2,1H3,(H,18,20)/t16?,18-,19-,22-,23?,24-;9?,10-,11-,14-,15?,16-/m00/s1. The van der Waals surface area contributed by atoms with Gasteiger partial charge in [0.05, 0.1) is 29.8 Å². The second-order valence-corrected chi connectivity index (χ2v) is 17.1. The molecular weight excluding hydrogens is 723 g/mol. The van der Waals surface area contributed by atoms with E-state index >= 15 is 0 Å². The number of piperidine rings is 2. The van der Waals surface area contributed by atoms with E-state index in [1.807, 2.05) is 50.3 Å². The van der Waals surface area contributed by atoms with Gasteiger partial charge in [0.15, 0.2) is 22.3 Å². The third kappa shape index (κ3) is 4.10. The van der Waals surface area contributed by atoms with Crippen LogP contribution in [0.25, 0.3) is 0 Å². The minimum absolute atomic E-state index is 0.0327. The van der Waals surface area contributed by atoms with Gasteiger partial charge in [0.25, 0.3) is 0 Å². The number of fused-ring (bicyclic) bond motifs is 2. The summed E-state index contributed by atoms with van der Waals surface area (Å²) in [5.41, 5.74) is -4.82. The Bertz CT molecular complexity index is 1790. The maximum Gasteiger partial charge on any atom is 0.338 e. The van der Waals surface area contributed by atoms with Crippen molar-refractivity contribution in [2.24, 2.45) is 34.5 Å². The third-order valence-corrected chi connectivity index (χ3v) is 15.1. The summed E-state index contributed by atoms with van der Waals surface area (Å²) in [6.45, 7) is 4.08. The second kappa shape index (κ2) is 12.4. The van der Waals surface area contributed by atoms with Gasteiger partial charge in [-0.05, 0) is 69.1 Å². The Kier molecular flexibility index (Phi) is 8.65. The summed E-state index contributed by atoms with van der Waals surface area (Å²) in [7, 11) is 1.60. The fraction of sp³-hybridized carbons (Fsp3) is 0.650. The Morgan fingerprint density at radius 3 is 1.92 bits per heavy atom. The van der Waals surface area contributed by atoms with Crippen LogP contribution in [0.5, 0.6) is 5.75 Å². The lowest BCUT2D eigenvalue weighted by atomic mass is 9.78. The van der Waals surface area contributed by atoms with Gasteiger partial charge >= 0.3 is 11.9 Å². The van der Waals surface area contributed by atoms with Crippen molar-refractivity contribution in [1.82, 2.24) is 10.2 Å². The molecule has 53 heavy (non-hydrogen) atoms. The highest BCUT2D eigenvalue weighted by Crippen LogP contribution is 2.85. The summed E-state index contributed by atoms with van der Waals surface area (Å²) in [5, 5.41) is 25.3. The van der Waals surface area contributed by atoms with Crippen molar-refractivity contribution in [3.05, 3.63) is 54.1 Å². The van der Waals surface area contributed by atoms with Crippen LogP contribution in [0.4, 0.5) is 0 Å². The van der Waals surface area contributed by atoms with Crippen molar-refractivity contribution < 1.29 is 43.6 Å². The molecule has 4 aliphatic carbocycles. The number of hydrogen-bond acceptors (Lipinski definition) is 9. The summed E-state index contributed by atoms with van der Waals surface area (Å²) >= 11 is 11.9. The largest absolute Gasteiger partial charge is 0.497 e. The molecule has 4 aliphatic heterocycles. The van der Waals surface area contributed by atoms with Crippen LogP contribution in [0.2, 0.25) is 0 Å². The number of allylic oxidation sites excluding steroid dienone is 2. The summed E-state index contributed by atoms with van der Waals surface area (Å²) < 4.78 is 16.6. The number of esters is 2. The Balaban J connectivity index is 0.000000160. The van der Waals surface area contributed by atoms with Gasteiger partial charge in [-0.3, -0.25) is 9.59 Å². The molecular formula is C40H48Cl2N2O9. The first-order valence-corrected chi connectivity index (χ1v) is 20.0. The zero-order valence-electron chi connectivity index (χ0n) is 30.3. The van der Waals surface area contributed by atoms with Gasteiger partial charge in [0.1, 0.15) is 18.0 Å². The van der Waals surface area contributed by atoms with Crippen molar-refractivity contribution in [1.29, 1.82) is 0 Å². The molecule has 13 heteroatoms. The number of halogens is 2. The molecule has 2 saturated carbocycles. The highest BCUT2D eigenvalue weighted by molar-refractivity contribution is 6.18. The predicted octanol–water partition coefficient (Wildman–Crippen LogP) is 4.19.